The van der Waals surface area contributed by atoms with Crippen molar-refractivity contribution in [1.82, 2.24) is 9.97 Å². The molecule has 0 aliphatic carbocycles. The zero-order valence-electron chi connectivity index (χ0n) is 19.8. The van der Waals surface area contributed by atoms with Crippen LogP contribution < -0.4 is 15.5 Å². The van der Waals surface area contributed by atoms with Gasteiger partial charge in [-0.15, -0.1) is 0 Å². The second-order valence-corrected chi connectivity index (χ2v) is 8.53. The fraction of sp³-hybridized carbons (Fsp3) is 0.308. The molecule has 0 atom stereocenters. The maximum atomic E-state index is 12.0. The van der Waals surface area contributed by atoms with Crippen molar-refractivity contribution in [3.8, 4) is 17.3 Å². The van der Waals surface area contributed by atoms with Crippen molar-refractivity contribution < 1.29 is 14.3 Å². The van der Waals surface area contributed by atoms with E-state index in [1.165, 1.54) is 0 Å². The van der Waals surface area contributed by atoms with E-state index in [2.05, 4.69) is 43.7 Å². The summed E-state index contributed by atoms with van der Waals surface area (Å²) in [6.45, 7) is 7.47. The maximum absolute atomic E-state index is 12.0. The summed E-state index contributed by atoms with van der Waals surface area (Å²) in [5.41, 5.74) is 4.11. The highest BCUT2D eigenvalue weighted by Gasteiger charge is 2.13. The van der Waals surface area contributed by atoms with Gasteiger partial charge in [0.05, 0.1) is 36.8 Å². The van der Waals surface area contributed by atoms with Gasteiger partial charge in [-0.3, -0.25) is 5.32 Å². The monoisotopic (exact) mass is 472 g/mol. The molecule has 1 fully saturated rings. The number of nitrogens with zero attached hydrogens (tertiary/aromatic N) is 4. The minimum absolute atomic E-state index is 0.224. The van der Waals surface area contributed by atoms with Crippen molar-refractivity contribution in [1.29, 1.82) is 5.26 Å². The number of anilines is 4. The Bertz CT molecular complexity index is 1200. The number of nitrogens with one attached hydrogen (secondary N) is 2. The first-order valence-electron chi connectivity index (χ1n) is 11.5. The molecule has 0 bridgehead atoms. The lowest BCUT2D eigenvalue weighted by Crippen LogP contribution is -2.36. The molecule has 0 radical (unpaired) electrons. The van der Waals surface area contributed by atoms with Crippen LogP contribution in [0.1, 0.15) is 19.4 Å². The molecule has 3 aromatic rings. The van der Waals surface area contributed by atoms with Gasteiger partial charge in [0.2, 0.25) is 5.95 Å². The van der Waals surface area contributed by atoms with E-state index in [9.17, 15) is 10.1 Å². The van der Waals surface area contributed by atoms with Crippen LogP contribution in [0.25, 0.3) is 11.3 Å². The summed E-state index contributed by atoms with van der Waals surface area (Å²) in [5.74, 6) is 0.668. The summed E-state index contributed by atoms with van der Waals surface area (Å²) < 4.78 is 10.6. The van der Waals surface area contributed by atoms with Crippen LogP contribution in [-0.2, 0) is 9.47 Å². The summed E-state index contributed by atoms with van der Waals surface area (Å²) in [5, 5.41) is 15.4. The van der Waals surface area contributed by atoms with Gasteiger partial charge in [0.25, 0.3) is 0 Å². The van der Waals surface area contributed by atoms with Crippen LogP contribution >= 0.6 is 0 Å². The van der Waals surface area contributed by atoms with Gasteiger partial charge in [-0.2, -0.15) is 5.26 Å². The SMILES string of the molecule is CC(C)COC(=O)Nc1ccc(-c2ccnc(Nc3ccc(N4CCOCC4)cc3)n2)cc1C#N. The molecule has 9 heteroatoms. The minimum Gasteiger partial charge on any atom is -0.449 e. The first-order chi connectivity index (χ1) is 17.0. The van der Waals surface area contributed by atoms with Crippen LogP contribution in [0.2, 0.25) is 0 Å². The zero-order valence-corrected chi connectivity index (χ0v) is 19.8. The Morgan fingerprint density at radius 1 is 1.17 bits per heavy atom. The molecule has 1 aliphatic heterocycles. The van der Waals surface area contributed by atoms with Crippen LogP contribution in [0, 0.1) is 17.2 Å². The smallest absolute Gasteiger partial charge is 0.411 e. The van der Waals surface area contributed by atoms with Crippen LogP contribution in [0.4, 0.5) is 27.8 Å². The molecule has 2 heterocycles. The molecule has 0 spiro atoms. The van der Waals surface area contributed by atoms with Crippen molar-refractivity contribution >= 4 is 29.1 Å². The standard InChI is InChI=1S/C26H28N6O3/c1-18(2)17-35-26(33)31-23-8-3-19(15-20(23)16-27)24-9-10-28-25(30-24)29-21-4-6-22(7-5-21)32-11-13-34-14-12-32/h3-10,15,18H,11-14,17H2,1-2H3,(H,31,33)(H,28,29,30). The van der Waals surface area contributed by atoms with Gasteiger partial charge in [-0.25, -0.2) is 14.8 Å². The minimum atomic E-state index is -0.587. The van der Waals surface area contributed by atoms with E-state index in [-0.39, 0.29) is 5.92 Å². The van der Waals surface area contributed by atoms with E-state index in [1.54, 1.807) is 30.5 Å². The number of hydrogen-bond acceptors (Lipinski definition) is 8. The third-order valence-corrected chi connectivity index (χ3v) is 5.38. The summed E-state index contributed by atoms with van der Waals surface area (Å²) >= 11 is 0. The van der Waals surface area contributed by atoms with Crippen LogP contribution in [0.5, 0.6) is 0 Å². The van der Waals surface area contributed by atoms with E-state index >= 15 is 0 Å². The van der Waals surface area contributed by atoms with Crippen LogP contribution in [0.15, 0.2) is 54.7 Å². The van der Waals surface area contributed by atoms with Gasteiger partial charge in [-0.05, 0) is 48.4 Å². The molecule has 0 saturated carbocycles. The van der Waals surface area contributed by atoms with Gasteiger partial charge in [0, 0.05) is 36.2 Å². The van der Waals surface area contributed by atoms with Gasteiger partial charge < -0.3 is 19.7 Å². The number of hydrogen-bond donors (Lipinski definition) is 2. The summed E-state index contributed by atoms with van der Waals surface area (Å²) in [4.78, 5) is 23.2. The summed E-state index contributed by atoms with van der Waals surface area (Å²) in [6, 6.07) is 17.2. The van der Waals surface area contributed by atoms with E-state index in [4.69, 9.17) is 9.47 Å². The first-order valence-corrected chi connectivity index (χ1v) is 11.5. The molecule has 1 aromatic heterocycles. The predicted octanol–water partition coefficient (Wildman–Crippen LogP) is 4.80. The number of benzene rings is 2. The molecule has 0 unspecified atom stereocenters. The highest BCUT2D eigenvalue weighted by molar-refractivity contribution is 5.87. The third-order valence-electron chi connectivity index (χ3n) is 5.38. The Kier molecular flexibility index (Phi) is 7.75. The highest BCUT2D eigenvalue weighted by Crippen LogP contribution is 2.26. The number of carbonyl (C=O) groups is 1. The van der Waals surface area contributed by atoms with E-state index < -0.39 is 6.09 Å². The predicted molar refractivity (Wildman–Crippen MR) is 135 cm³/mol. The van der Waals surface area contributed by atoms with Crippen molar-refractivity contribution in [3.05, 3.63) is 60.3 Å². The van der Waals surface area contributed by atoms with Crippen molar-refractivity contribution in [3.63, 3.8) is 0 Å². The van der Waals surface area contributed by atoms with E-state index in [0.717, 1.165) is 43.2 Å². The molecule has 180 valence electrons. The van der Waals surface area contributed by atoms with Crippen LogP contribution in [0.3, 0.4) is 0 Å². The largest absolute Gasteiger partial charge is 0.449 e. The Hall–Kier alpha value is -4.16. The number of carbonyl (C=O) groups excluding carboxylic acids is 1. The molecule has 2 aromatic carbocycles. The molecule has 1 aliphatic rings. The van der Waals surface area contributed by atoms with Gasteiger partial charge in [0.15, 0.2) is 0 Å². The average Bonchev–Trinajstić information content (AvgIpc) is 2.89. The highest BCUT2D eigenvalue weighted by atomic mass is 16.5. The Morgan fingerprint density at radius 2 is 1.94 bits per heavy atom. The van der Waals surface area contributed by atoms with E-state index in [0.29, 0.717) is 29.5 Å². The zero-order chi connectivity index (χ0) is 24.6. The number of morpholine rings is 1. The number of rotatable bonds is 7. The molecule has 35 heavy (non-hydrogen) atoms. The molecular formula is C26H28N6O3. The van der Waals surface area contributed by atoms with Crippen LogP contribution in [-0.4, -0.2) is 49.0 Å². The quantitative estimate of drug-likeness (QED) is 0.504. The Balaban J connectivity index is 1.45. The first kappa shape index (κ1) is 24.0. The third kappa shape index (κ3) is 6.46. The lowest BCUT2D eigenvalue weighted by atomic mass is 10.1. The van der Waals surface area contributed by atoms with Gasteiger partial charge in [0.1, 0.15) is 6.07 Å². The Labute approximate surface area is 204 Å². The lowest BCUT2D eigenvalue weighted by molar-refractivity contribution is 0.122. The molecule has 2 N–H and O–H groups in total. The molecule has 4 rings (SSSR count). The number of amides is 1. The number of aromatic nitrogens is 2. The lowest BCUT2D eigenvalue weighted by Gasteiger charge is -2.28. The topological polar surface area (TPSA) is 112 Å². The van der Waals surface area contributed by atoms with E-state index in [1.807, 2.05) is 26.0 Å². The second-order valence-electron chi connectivity index (χ2n) is 8.53. The molecule has 1 amide bonds. The van der Waals surface area contributed by atoms with Crippen molar-refractivity contribution in [2.75, 3.05) is 48.4 Å². The van der Waals surface area contributed by atoms with Gasteiger partial charge >= 0.3 is 6.09 Å². The molecule has 9 nitrogen and oxygen atoms in total. The average molecular weight is 473 g/mol. The normalized spacial score (nSPS) is 13.3. The number of ether oxygens (including phenoxy) is 2. The fourth-order valence-corrected chi connectivity index (χ4v) is 3.58. The summed E-state index contributed by atoms with van der Waals surface area (Å²) in [6.07, 6.45) is 1.07. The molecular weight excluding hydrogens is 444 g/mol. The fourth-order valence-electron chi connectivity index (χ4n) is 3.58. The van der Waals surface area contributed by atoms with Crippen molar-refractivity contribution in [2.45, 2.75) is 13.8 Å². The summed E-state index contributed by atoms with van der Waals surface area (Å²) in [7, 11) is 0. The van der Waals surface area contributed by atoms with Crippen molar-refractivity contribution in [2.24, 2.45) is 5.92 Å². The number of nitriles is 1. The second kappa shape index (κ2) is 11.3. The molecule has 1 saturated heterocycles. The maximum Gasteiger partial charge on any atom is 0.411 e. The van der Waals surface area contributed by atoms with Gasteiger partial charge in [-0.1, -0.05) is 19.9 Å². The Morgan fingerprint density at radius 3 is 2.66 bits per heavy atom.